The van der Waals surface area contributed by atoms with Crippen LogP contribution in [0.2, 0.25) is 0 Å². The van der Waals surface area contributed by atoms with Crippen LogP contribution in [0.1, 0.15) is 6.42 Å². The first kappa shape index (κ1) is 20.6. The minimum atomic E-state index is -0.597. The van der Waals surface area contributed by atoms with Crippen LogP contribution in [0, 0.1) is 5.82 Å². The molecule has 2 amide bonds. The number of aliphatic imine (C=N–C) groups is 1. The Balaban J connectivity index is 1.72. The van der Waals surface area contributed by atoms with E-state index in [1.807, 2.05) is 0 Å². The van der Waals surface area contributed by atoms with E-state index in [0.717, 1.165) is 0 Å². The van der Waals surface area contributed by atoms with Crippen LogP contribution >= 0.6 is 11.8 Å². The molecular weight excluding hydrogens is 393 g/mol. The minimum absolute atomic E-state index is 0.00318. The van der Waals surface area contributed by atoms with Crippen molar-refractivity contribution in [2.45, 2.75) is 11.7 Å². The number of amides is 2. The van der Waals surface area contributed by atoms with E-state index in [1.54, 1.807) is 37.5 Å². The van der Waals surface area contributed by atoms with Gasteiger partial charge < -0.3 is 10.1 Å². The molecule has 1 heterocycles. The van der Waals surface area contributed by atoms with E-state index >= 15 is 0 Å². The van der Waals surface area contributed by atoms with E-state index in [0.29, 0.717) is 22.3 Å². The molecule has 2 aromatic carbocycles. The van der Waals surface area contributed by atoms with Crippen molar-refractivity contribution in [1.82, 2.24) is 4.90 Å². The van der Waals surface area contributed by atoms with Crippen LogP contribution in [-0.4, -0.2) is 40.8 Å². The zero-order valence-electron chi connectivity index (χ0n) is 15.8. The van der Waals surface area contributed by atoms with Crippen molar-refractivity contribution in [3.8, 4) is 5.75 Å². The van der Waals surface area contributed by atoms with Crippen LogP contribution in [0.4, 0.5) is 15.8 Å². The Morgan fingerprint density at radius 1 is 1.34 bits per heavy atom. The Hall–Kier alpha value is -3.13. The molecule has 1 atom stereocenters. The summed E-state index contributed by atoms with van der Waals surface area (Å²) < 4.78 is 18.2. The maximum Gasteiger partial charge on any atom is 0.242 e. The maximum atomic E-state index is 13.1. The smallest absolute Gasteiger partial charge is 0.242 e. The second-order valence-electron chi connectivity index (χ2n) is 6.20. The zero-order valence-corrected chi connectivity index (χ0v) is 16.6. The molecular formula is C21H20FN3O3S. The van der Waals surface area contributed by atoms with Gasteiger partial charge in [0.1, 0.15) is 16.8 Å². The number of amidine groups is 1. The number of anilines is 1. The first-order chi connectivity index (χ1) is 14.0. The Labute approximate surface area is 172 Å². The molecule has 0 aliphatic carbocycles. The topological polar surface area (TPSA) is 71.0 Å². The zero-order chi connectivity index (χ0) is 20.8. The van der Waals surface area contributed by atoms with E-state index in [-0.39, 0.29) is 30.6 Å². The van der Waals surface area contributed by atoms with Gasteiger partial charge in [-0.15, -0.1) is 6.58 Å². The van der Waals surface area contributed by atoms with Gasteiger partial charge in [-0.1, -0.05) is 23.9 Å². The lowest BCUT2D eigenvalue weighted by atomic mass is 10.2. The predicted octanol–water partition coefficient (Wildman–Crippen LogP) is 3.98. The fourth-order valence-electron chi connectivity index (χ4n) is 2.73. The number of thioether (sulfide) groups is 1. The predicted molar refractivity (Wildman–Crippen MR) is 113 cm³/mol. The van der Waals surface area contributed by atoms with Gasteiger partial charge in [-0.05, 0) is 36.4 Å². The third kappa shape index (κ3) is 5.23. The van der Waals surface area contributed by atoms with Crippen LogP contribution in [-0.2, 0) is 9.59 Å². The van der Waals surface area contributed by atoms with E-state index in [2.05, 4.69) is 16.9 Å². The van der Waals surface area contributed by atoms with Crippen molar-refractivity contribution in [2.75, 3.05) is 19.0 Å². The summed E-state index contributed by atoms with van der Waals surface area (Å²) in [6.45, 7) is 3.95. The van der Waals surface area contributed by atoms with Crippen LogP contribution in [0.3, 0.4) is 0 Å². The largest absolute Gasteiger partial charge is 0.497 e. The number of ether oxygens (including phenoxy) is 1. The highest BCUT2D eigenvalue weighted by Gasteiger charge is 2.38. The second kappa shape index (κ2) is 9.38. The summed E-state index contributed by atoms with van der Waals surface area (Å²) in [5.74, 6) is -0.235. The van der Waals surface area contributed by atoms with E-state index in [1.165, 1.54) is 40.9 Å². The molecule has 1 saturated heterocycles. The van der Waals surface area contributed by atoms with Crippen molar-refractivity contribution in [3.63, 3.8) is 0 Å². The summed E-state index contributed by atoms with van der Waals surface area (Å²) in [6.07, 6.45) is 1.59. The SMILES string of the molecule is C=CCN1C(=O)[C@@H](CC(=O)Nc2cccc(OC)c2)SC1=Nc1ccc(F)cc1. The van der Waals surface area contributed by atoms with Crippen LogP contribution < -0.4 is 10.1 Å². The lowest BCUT2D eigenvalue weighted by molar-refractivity contribution is -0.127. The monoisotopic (exact) mass is 413 g/mol. The Morgan fingerprint density at radius 3 is 2.79 bits per heavy atom. The number of halogens is 1. The third-order valence-electron chi connectivity index (χ3n) is 4.11. The van der Waals surface area contributed by atoms with Gasteiger partial charge in [0.2, 0.25) is 11.8 Å². The van der Waals surface area contributed by atoms with Gasteiger partial charge >= 0.3 is 0 Å². The second-order valence-corrected chi connectivity index (χ2v) is 7.37. The Bertz CT molecular complexity index is 946. The summed E-state index contributed by atoms with van der Waals surface area (Å²) >= 11 is 1.21. The normalized spacial score (nSPS) is 17.4. The number of nitrogens with one attached hydrogen (secondary N) is 1. The Morgan fingerprint density at radius 2 is 2.10 bits per heavy atom. The maximum absolute atomic E-state index is 13.1. The molecule has 29 heavy (non-hydrogen) atoms. The molecule has 8 heteroatoms. The number of nitrogens with zero attached hydrogens (tertiary/aromatic N) is 2. The summed E-state index contributed by atoms with van der Waals surface area (Å²) in [4.78, 5) is 31.1. The highest BCUT2D eigenvalue weighted by atomic mass is 32.2. The lowest BCUT2D eigenvalue weighted by Crippen LogP contribution is -2.33. The van der Waals surface area contributed by atoms with Gasteiger partial charge in [0, 0.05) is 24.7 Å². The molecule has 0 spiro atoms. The number of methoxy groups -OCH3 is 1. The van der Waals surface area contributed by atoms with Gasteiger partial charge in [-0.3, -0.25) is 14.5 Å². The molecule has 1 aliphatic heterocycles. The molecule has 3 rings (SSSR count). The first-order valence-corrected chi connectivity index (χ1v) is 9.75. The molecule has 0 bridgehead atoms. The van der Waals surface area contributed by atoms with Crippen molar-refractivity contribution >= 4 is 40.1 Å². The number of hydrogen-bond acceptors (Lipinski definition) is 5. The highest BCUT2D eigenvalue weighted by molar-refractivity contribution is 8.15. The third-order valence-corrected chi connectivity index (χ3v) is 5.28. The highest BCUT2D eigenvalue weighted by Crippen LogP contribution is 2.32. The molecule has 1 fully saturated rings. The number of benzene rings is 2. The molecule has 6 nitrogen and oxygen atoms in total. The van der Waals surface area contributed by atoms with Crippen molar-refractivity contribution in [3.05, 3.63) is 67.0 Å². The molecule has 150 valence electrons. The van der Waals surface area contributed by atoms with Gasteiger partial charge in [0.25, 0.3) is 0 Å². The molecule has 0 aromatic heterocycles. The van der Waals surface area contributed by atoms with Crippen molar-refractivity contribution in [1.29, 1.82) is 0 Å². The van der Waals surface area contributed by atoms with Crippen molar-refractivity contribution in [2.24, 2.45) is 4.99 Å². The molecule has 2 aromatic rings. The van der Waals surface area contributed by atoms with Gasteiger partial charge in [0.15, 0.2) is 5.17 Å². The molecule has 0 saturated carbocycles. The van der Waals surface area contributed by atoms with Gasteiger partial charge in [0.05, 0.1) is 12.8 Å². The van der Waals surface area contributed by atoms with E-state index < -0.39 is 5.25 Å². The number of rotatable bonds is 7. The van der Waals surface area contributed by atoms with Crippen LogP contribution in [0.5, 0.6) is 5.75 Å². The fourth-order valence-corrected chi connectivity index (χ4v) is 3.90. The minimum Gasteiger partial charge on any atom is -0.497 e. The van der Waals surface area contributed by atoms with Crippen molar-refractivity contribution < 1.29 is 18.7 Å². The van der Waals surface area contributed by atoms with Crippen LogP contribution in [0.25, 0.3) is 0 Å². The number of carbonyl (C=O) groups is 2. The molecule has 0 radical (unpaired) electrons. The lowest BCUT2D eigenvalue weighted by Gasteiger charge is -2.13. The average molecular weight is 413 g/mol. The Kier molecular flexibility index (Phi) is 6.66. The quantitative estimate of drug-likeness (QED) is 0.697. The van der Waals surface area contributed by atoms with Gasteiger partial charge in [-0.25, -0.2) is 9.38 Å². The molecule has 0 unspecified atom stereocenters. The summed E-state index contributed by atoms with van der Waals surface area (Å²) in [5.41, 5.74) is 1.12. The van der Waals surface area contributed by atoms with Crippen LogP contribution in [0.15, 0.2) is 66.2 Å². The first-order valence-electron chi connectivity index (χ1n) is 8.87. The van der Waals surface area contributed by atoms with E-state index in [9.17, 15) is 14.0 Å². The molecule has 1 N–H and O–H groups in total. The summed E-state index contributed by atoms with van der Waals surface area (Å²) in [5, 5.41) is 2.64. The van der Waals surface area contributed by atoms with Gasteiger partial charge in [-0.2, -0.15) is 0 Å². The summed E-state index contributed by atoms with van der Waals surface area (Å²) in [7, 11) is 1.55. The number of hydrogen-bond donors (Lipinski definition) is 1. The van der Waals surface area contributed by atoms with E-state index in [4.69, 9.17) is 4.74 Å². The summed E-state index contributed by atoms with van der Waals surface area (Å²) in [6, 6.07) is 12.7. The molecule has 1 aliphatic rings. The standard InChI is InChI=1S/C21H20FN3O3S/c1-3-11-25-20(27)18(29-21(25)24-15-9-7-14(22)8-10-15)13-19(26)23-16-5-4-6-17(12-16)28-2/h3-10,12,18H,1,11,13H2,2H3,(H,23,26)/t18-/m1/s1. The average Bonchev–Trinajstić information content (AvgIpc) is 2.99. The fraction of sp³-hybridized carbons (Fsp3) is 0.190. The number of carbonyl (C=O) groups excluding carboxylic acids is 2.